The van der Waals surface area contributed by atoms with Crippen LogP contribution >= 0.6 is 0 Å². The van der Waals surface area contributed by atoms with E-state index in [4.69, 9.17) is 0 Å². The number of nitrogens with zero attached hydrogens (tertiary/aromatic N) is 1. The first kappa shape index (κ1) is 12.4. The number of hydrogen-bond acceptors (Lipinski definition) is 3. The number of Topliss-reactive ketones (excluding diaryl/α,β-unsaturated/α-hetero) is 1. The van der Waals surface area contributed by atoms with E-state index in [0.29, 0.717) is 16.5 Å². The van der Waals surface area contributed by atoms with E-state index in [9.17, 15) is 9.90 Å². The lowest BCUT2D eigenvalue weighted by Crippen LogP contribution is -1.96. The number of carbonyl (C=O) groups excluding carboxylic acids is 1. The fraction of sp³-hybridized carbons (Fsp3) is 0.0588. The Morgan fingerprint density at radius 1 is 1.10 bits per heavy atom. The molecule has 0 saturated heterocycles. The monoisotopic (exact) mass is 263 g/mol. The molecule has 0 bridgehead atoms. The SMILES string of the molecule is CC(=O)c1cc(-c2ccccc2)c2ncccc2c1O. The number of pyridine rings is 1. The molecule has 0 aliphatic heterocycles. The predicted octanol–water partition coefficient (Wildman–Crippen LogP) is 3.81. The van der Waals surface area contributed by atoms with Crippen LogP contribution in [0, 0.1) is 0 Å². The van der Waals surface area contributed by atoms with Crippen molar-refractivity contribution in [3.63, 3.8) is 0 Å². The van der Waals surface area contributed by atoms with Crippen molar-refractivity contribution in [3.05, 3.63) is 60.3 Å². The minimum Gasteiger partial charge on any atom is -0.506 e. The smallest absolute Gasteiger partial charge is 0.163 e. The number of aromatic nitrogens is 1. The lowest BCUT2D eigenvalue weighted by atomic mass is 9.96. The maximum atomic E-state index is 11.7. The topological polar surface area (TPSA) is 50.2 Å². The van der Waals surface area contributed by atoms with E-state index >= 15 is 0 Å². The molecule has 98 valence electrons. The third-order valence-corrected chi connectivity index (χ3v) is 3.33. The zero-order valence-electron chi connectivity index (χ0n) is 11.0. The predicted molar refractivity (Wildman–Crippen MR) is 78.8 cm³/mol. The number of fused-ring (bicyclic) bond motifs is 1. The molecule has 0 atom stereocenters. The Hall–Kier alpha value is -2.68. The van der Waals surface area contributed by atoms with Crippen molar-refractivity contribution < 1.29 is 9.90 Å². The fourth-order valence-electron chi connectivity index (χ4n) is 2.34. The molecule has 3 heteroatoms. The average molecular weight is 263 g/mol. The highest BCUT2D eigenvalue weighted by molar-refractivity contribution is 6.07. The number of carbonyl (C=O) groups is 1. The summed E-state index contributed by atoms with van der Waals surface area (Å²) in [6.07, 6.45) is 1.68. The van der Waals surface area contributed by atoms with Gasteiger partial charge < -0.3 is 5.11 Å². The summed E-state index contributed by atoms with van der Waals surface area (Å²) >= 11 is 0. The molecule has 1 N–H and O–H groups in total. The molecule has 0 saturated carbocycles. The van der Waals surface area contributed by atoms with Gasteiger partial charge in [0.05, 0.1) is 11.1 Å². The maximum Gasteiger partial charge on any atom is 0.163 e. The first-order chi connectivity index (χ1) is 9.68. The van der Waals surface area contributed by atoms with Crippen LogP contribution in [0.25, 0.3) is 22.0 Å². The zero-order valence-corrected chi connectivity index (χ0v) is 11.0. The van der Waals surface area contributed by atoms with Crippen LogP contribution in [0.2, 0.25) is 0 Å². The molecular weight excluding hydrogens is 250 g/mol. The highest BCUT2D eigenvalue weighted by Crippen LogP contribution is 2.35. The van der Waals surface area contributed by atoms with Gasteiger partial charge in [0.2, 0.25) is 0 Å². The van der Waals surface area contributed by atoms with Crippen LogP contribution in [0.5, 0.6) is 5.75 Å². The Morgan fingerprint density at radius 2 is 1.85 bits per heavy atom. The zero-order chi connectivity index (χ0) is 14.1. The molecular formula is C17H13NO2. The first-order valence-electron chi connectivity index (χ1n) is 6.35. The number of phenols is 1. The van der Waals surface area contributed by atoms with Crippen LogP contribution in [0.15, 0.2) is 54.7 Å². The molecule has 0 aliphatic carbocycles. The van der Waals surface area contributed by atoms with Gasteiger partial charge in [-0.05, 0) is 30.7 Å². The number of benzene rings is 2. The number of phenolic OH excluding ortho intramolecular Hbond substituents is 1. The number of rotatable bonds is 2. The van der Waals surface area contributed by atoms with Crippen molar-refractivity contribution in [2.75, 3.05) is 0 Å². The van der Waals surface area contributed by atoms with E-state index in [1.807, 2.05) is 30.3 Å². The molecule has 2 aromatic carbocycles. The minimum atomic E-state index is -0.162. The van der Waals surface area contributed by atoms with Crippen LogP contribution in [-0.2, 0) is 0 Å². The van der Waals surface area contributed by atoms with Gasteiger partial charge >= 0.3 is 0 Å². The fourth-order valence-corrected chi connectivity index (χ4v) is 2.34. The molecule has 0 amide bonds. The summed E-state index contributed by atoms with van der Waals surface area (Å²) in [5, 5.41) is 10.8. The Morgan fingerprint density at radius 3 is 2.55 bits per heavy atom. The minimum absolute atomic E-state index is 0.000260. The third-order valence-electron chi connectivity index (χ3n) is 3.33. The second-order valence-electron chi connectivity index (χ2n) is 4.64. The van der Waals surface area contributed by atoms with Crippen LogP contribution in [0.3, 0.4) is 0 Å². The van der Waals surface area contributed by atoms with Gasteiger partial charge in [0.25, 0.3) is 0 Å². The molecule has 0 fully saturated rings. The highest BCUT2D eigenvalue weighted by atomic mass is 16.3. The van der Waals surface area contributed by atoms with Gasteiger partial charge in [-0.3, -0.25) is 9.78 Å². The summed E-state index contributed by atoms with van der Waals surface area (Å²) in [6, 6.07) is 15.0. The quantitative estimate of drug-likeness (QED) is 0.715. The van der Waals surface area contributed by atoms with Crippen LogP contribution in [0.1, 0.15) is 17.3 Å². The molecule has 20 heavy (non-hydrogen) atoms. The molecule has 0 aliphatic rings. The molecule has 1 aromatic heterocycles. The maximum absolute atomic E-state index is 11.7. The van der Waals surface area contributed by atoms with E-state index in [-0.39, 0.29) is 11.5 Å². The summed E-state index contributed by atoms with van der Waals surface area (Å²) in [7, 11) is 0. The van der Waals surface area contributed by atoms with E-state index in [0.717, 1.165) is 11.1 Å². The highest BCUT2D eigenvalue weighted by Gasteiger charge is 2.15. The van der Waals surface area contributed by atoms with Crippen molar-refractivity contribution in [1.82, 2.24) is 4.98 Å². The standard InChI is InChI=1S/C17H13NO2/c1-11(19)14-10-15(12-6-3-2-4-7-12)16-13(17(14)20)8-5-9-18-16/h2-10,20H,1H3. The average Bonchev–Trinajstić information content (AvgIpc) is 2.48. The van der Waals surface area contributed by atoms with Crippen molar-refractivity contribution in [1.29, 1.82) is 0 Å². The van der Waals surface area contributed by atoms with Crippen molar-refractivity contribution in [2.24, 2.45) is 0 Å². The summed E-state index contributed by atoms with van der Waals surface area (Å²) in [6.45, 7) is 1.45. The van der Waals surface area contributed by atoms with Gasteiger partial charge in [0.15, 0.2) is 5.78 Å². The van der Waals surface area contributed by atoms with Gasteiger partial charge in [-0.15, -0.1) is 0 Å². The van der Waals surface area contributed by atoms with E-state index in [1.165, 1.54) is 6.92 Å². The Bertz CT molecular complexity index is 795. The summed E-state index contributed by atoms with van der Waals surface area (Å²) in [4.78, 5) is 16.1. The van der Waals surface area contributed by atoms with Gasteiger partial charge in [0.1, 0.15) is 5.75 Å². The first-order valence-corrected chi connectivity index (χ1v) is 6.35. The van der Waals surface area contributed by atoms with E-state index in [1.54, 1.807) is 24.4 Å². The van der Waals surface area contributed by atoms with Crippen LogP contribution in [-0.4, -0.2) is 15.9 Å². The van der Waals surface area contributed by atoms with Crippen molar-refractivity contribution in [2.45, 2.75) is 6.92 Å². The van der Waals surface area contributed by atoms with Crippen molar-refractivity contribution in [3.8, 4) is 16.9 Å². The van der Waals surface area contributed by atoms with Crippen LogP contribution < -0.4 is 0 Å². The third kappa shape index (κ3) is 1.93. The summed E-state index contributed by atoms with van der Waals surface area (Å²) < 4.78 is 0. The lowest BCUT2D eigenvalue weighted by Gasteiger charge is -2.11. The molecule has 0 spiro atoms. The number of ketones is 1. The Balaban J connectivity index is 2.42. The van der Waals surface area contributed by atoms with Crippen molar-refractivity contribution >= 4 is 16.7 Å². The summed E-state index contributed by atoms with van der Waals surface area (Å²) in [5.74, 6) is -0.161. The Labute approximate surface area is 116 Å². The Kier molecular flexibility index (Phi) is 2.95. The second kappa shape index (κ2) is 4.78. The van der Waals surface area contributed by atoms with Gasteiger partial charge in [-0.2, -0.15) is 0 Å². The number of hydrogen-bond donors (Lipinski definition) is 1. The largest absolute Gasteiger partial charge is 0.506 e. The number of aromatic hydroxyl groups is 1. The van der Waals surface area contributed by atoms with Gasteiger partial charge in [-0.1, -0.05) is 30.3 Å². The summed E-state index contributed by atoms with van der Waals surface area (Å²) in [5.41, 5.74) is 2.84. The molecule has 0 radical (unpaired) electrons. The molecule has 3 rings (SSSR count). The second-order valence-corrected chi connectivity index (χ2v) is 4.64. The molecule has 1 heterocycles. The molecule has 0 unspecified atom stereocenters. The normalized spacial score (nSPS) is 10.7. The van der Waals surface area contributed by atoms with E-state index < -0.39 is 0 Å². The lowest BCUT2D eigenvalue weighted by molar-refractivity contribution is 0.101. The van der Waals surface area contributed by atoms with Crippen LogP contribution in [0.4, 0.5) is 0 Å². The van der Waals surface area contributed by atoms with Gasteiger partial charge in [-0.25, -0.2) is 0 Å². The van der Waals surface area contributed by atoms with Gasteiger partial charge in [0, 0.05) is 17.1 Å². The molecule has 3 nitrogen and oxygen atoms in total. The van der Waals surface area contributed by atoms with E-state index in [2.05, 4.69) is 4.98 Å². The molecule has 3 aromatic rings.